The molecule has 0 fully saturated rings. The normalized spacial score (nSPS) is 12.4. The zero-order valence-electron chi connectivity index (χ0n) is 6.73. The van der Waals surface area contributed by atoms with Crippen LogP contribution in [0.2, 0.25) is 0 Å². The van der Waals surface area contributed by atoms with Crippen molar-refractivity contribution in [2.24, 2.45) is 11.5 Å². The lowest BCUT2D eigenvalue weighted by Crippen LogP contribution is -2.22. The Morgan fingerprint density at radius 3 is 2.42 bits per heavy atom. The molecule has 0 aliphatic heterocycles. The van der Waals surface area contributed by atoms with E-state index >= 15 is 0 Å². The van der Waals surface area contributed by atoms with Crippen LogP contribution in [0.4, 0.5) is 0 Å². The van der Waals surface area contributed by atoms with Gasteiger partial charge in [-0.3, -0.25) is 0 Å². The van der Waals surface area contributed by atoms with E-state index in [0.717, 1.165) is 4.90 Å². The van der Waals surface area contributed by atoms with Crippen LogP contribution < -0.4 is 11.5 Å². The quantitative estimate of drug-likeness (QED) is 0.548. The molecule has 4 N–H and O–H groups in total. The standard InChI is InChI=1S/C9H12N2S/c1-7(10)9(11)12-8-5-3-2-4-6-8/h2-6,9H,1,10-11H2. The minimum atomic E-state index is -0.215. The first-order chi connectivity index (χ1) is 5.70. The number of hydrogen-bond donors (Lipinski definition) is 2. The highest BCUT2D eigenvalue weighted by molar-refractivity contribution is 8.00. The van der Waals surface area contributed by atoms with Crippen LogP contribution in [0.25, 0.3) is 0 Å². The molecule has 0 saturated carbocycles. The number of thioether (sulfide) groups is 1. The first-order valence-corrected chi connectivity index (χ1v) is 4.49. The molecule has 0 amide bonds. The van der Waals surface area contributed by atoms with E-state index in [-0.39, 0.29) is 5.37 Å². The smallest absolute Gasteiger partial charge is 0.0950 e. The van der Waals surface area contributed by atoms with Gasteiger partial charge in [0.25, 0.3) is 0 Å². The van der Waals surface area contributed by atoms with Gasteiger partial charge in [0.1, 0.15) is 0 Å². The Labute approximate surface area is 76.6 Å². The zero-order valence-corrected chi connectivity index (χ0v) is 7.55. The van der Waals surface area contributed by atoms with Crippen LogP contribution in [0.5, 0.6) is 0 Å². The van der Waals surface area contributed by atoms with Crippen LogP contribution in [-0.4, -0.2) is 5.37 Å². The molecule has 1 rings (SSSR count). The Hall–Kier alpha value is -0.930. The highest BCUT2D eigenvalue weighted by Gasteiger charge is 2.04. The Morgan fingerprint density at radius 2 is 1.92 bits per heavy atom. The minimum absolute atomic E-state index is 0.215. The fourth-order valence-corrected chi connectivity index (χ4v) is 1.48. The summed E-state index contributed by atoms with van der Waals surface area (Å²) in [6.07, 6.45) is 0. The fraction of sp³-hybridized carbons (Fsp3) is 0.111. The van der Waals surface area contributed by atoms with Crippen molar-refractivity contribution >= 4 is 11.8 Å². The monoisotopic (exact) mass is 180 g/mol. The van der Waals surface area contributed by atoms with Crippen molar-refractivity contribution in [1.29, 1.82) is 0 Å². The van der Waals surface area contributed by atoms with Crippen LogP contribution in [-0.2, 0) is 0 Å². The predicted octanol–water partition coefficient (Wildman–Crippen LogP) is 1.54. The zero-order chi connectivity index (χ0) is 8.97. The van der Waals surface area contributed by atoms with E-state index in [2.05, 4.69) is 6.58 Å². The summed E-state index contributed by atoms with van der Waals surface area (Å²) in [6, 6.07) is 9.89. The van der Waals surface area contributed by atoms with Crippen LogP contribution in [0.15, 0.2) is 47.5 Å². The van der Waals surface area contributed by atoms with Gasteiger partial charge < -0.3 is 11.5 Å². The van der Waals surface area contributed by atoms with E-state index in [4.69, 9.17) is 11.5 Å². The second kappa shape index (κ2) is 4.18. The Bertz CT molecular complexity index is 258. The molecule has 0 aromatic heterocycles. The van der Waals surface area contributed by atoms with Crippen molar-refractivity contribution in [2.75, 3.05) is 0 Å². The molecule has 0 aliphatic carbocycles. The van der Waals surface area contributed by atoms with E-state index in [1.807, 2.05) is 30.3 Å². The van der Waals surface area contributed by atoms with Gasteiger partial charge in [-0.2, -0.15) is 0 Å². The molecule has 1 unspecified atom stereocenters. The molecule has 0 bridgehead atoms. The average molecular weight is 180 g/mol. The topological polar surface area (TPSA) is 52.0 Å². The lowest BCUT2D eigenvalue weighted by atomic mass is 10.4. The molecule has 2 nitrogen and oxygen atoms in total. The summed E-state index contributed by atoms with van der Waals surface area (Å²) in [4.78, 5) is 1.11. The van der Waals surface area contributed by atoms with Crippen molar-refractivity contribution in [3.63, 3.8) is 0 Å². The number of benzene rings is 1. The summed E-state index contributed by atoms with van der Waals surface area (Å²) in [5.41, 5.74) is 11.6. The van der Waals surface area contributed by atoms with Crippen LogP contribution in [0, 0.1) is 0 Å². The maximum Gasteiger partial charge on any atom is 0.0950 e. The molecule has 12 heavy (non-hydrogen) atoms. The van der Waals surface area contributed by atoms with Gasteiger partial charge in [0, 0.05) is 10.6 Å². The fourth-order valence-electron chi connectivity index (χ4n) is 0.721. The van der Waals surface area contributed by atoms with Gasteiger partial charge in [-0.1, -0.05) is 24.8 Å². The van der Waals surface area contributed by atoms with Gasteiger partial charge in [0.15, 0.2) is 0 Å². The van der Waals surface area contributed by atoms with Crippen LogP contribution >= 0.6 is 11.8 Å². The third-order valence-electron chi connectivity index (χ3n) is 1.37. The summed E-state index contributed by atoms with van der Waals surface area (Å²) < 4.78 is 0. The lowest BCUT2D eigenvalue weighted by Gasteiger charge is -2.09. The van der Waals surface area contributed by atoms with Crippen molar-refractivity contribution in [1.82, 2.24) is 0 Å². The van der Waals surface area contributed by atoms with Crippen molar-refractivity contribution in [3.8, 4) is 0 Å². The largest absolute Gasteiger partial charge is 0.401 e. The van der Waals surface area contributed by atoms with Gasteiger partial charge in [-0.05, 0) is 12.1 Å². The highest BCUT2D eigenvalue weighted by Crippen LogP contribution is 2.21. The number of rotatable bonds is 3. The highest BCUT2D eigenvalue weighted by atomic mass is 32.2. The Morgan fingerprint density at radius 1 is 1.33 bits per heavy atom. The SMILES string of the molecule is C=C(N)C(N)Sc1ccccc1. The Balaban J connectivity index is 2.58. The maximum absolute atomic E-state index is 5.69. The molecule has 0 spiro atoms. The van der Waals surface area contributed by atoms with E-state index < -0.39 is 0 Å². The number of hydrogen-bond acceptors (Lipinski definition) is 3. The summed E-state index contributed by atoms with van der Waals surface area (Å²) in [5.74, 6) is 0. The molecule has 0 radical (unpaired) electrons. The molecule has 1 aromatic carbocycles. The lowest BCUT2D eigenvalue weighted by molar-refractivity contribution is 1.04. The Kier molecular flexibility index (Phi) is 3.19. The number of nitrogens with two attached hydrogens (primary N) is 2. The van der Waals surface area contributed by atoms with Gasteiger partial charge in [-0.15, -0.1) is 11.8 Å². The van der Waals surface area contributed by atoms with Crippen molar-refractivity contribution < 1.29 is 0 Å². The molecule has 64 valence electrons. The van der Waals surface area contributed by atoms with Gasteiger partial charge in [0.2, 0.25) is 0 Å². The van der Waals surface area contributed by atoms with Crippen LogP contribution in [0.1, 0.15) is 0 Å². The summed E-state index contributed by atoms with van der Waals surface area (Å²) in [6.45, 7) is 3.58. The minimum Gasteiger partial charge on any atom is -0.401 e. The van der Waals surface area contributed by atoms with Crippen molar-refractivity contribution in [2.45, 2.75) is 10.3 Å². The van der Waals surface area contributed by atoms with Gasteiger partial charge in [-0.25, -0.2) is 0 Å². The van der Waals surface area contributed by atoms with E-state index in [9.17, 15) is 0 Å². The molecule has 1 aromatic rings. The molecule has 1 atom stereocenters. The summed E-state index contributed by atoms with van der Waals surface area (Å²) >= 11 is 1.50. The predicted molar refractivity (Wildman–Crippen MR) is 53.6 cm³/mol. The molecular weight excluding hydrogens is 168 g/mol. The van der Waals surface area contributed by atoms with Crippen LogP contribution in [0.3, 0.4) is 0 Å². The van der Waals surface area contributed by atoms with Gasteiger partial charge in [0.05, 0.1) is 5.37 Å². The molecule has 0 aliphatic rings. The third kappa shape index (κ3) is 2.60. The average Bonchev–Trinajstić information content (AvgIpc) is 2.06. The maximum atomic E-state index is 5.69. The van der Waals surface area contributed by atoms with E-state index in [1.54, 1.807) is 0 Å². The third-order valence-corrected chi connectivity index (χ3v) is 2.47. The first kappa shape index (κ1) is 9.16. The van der Waals surface area contributed by atoms with E-state index in [0.29, 0.717) is 5.70 Å². The van der Waals surface area contributed by atoms with E-state index in [1.165, 1.54) is 11.8 Å². The van der Waals surface area contributed by atoms with Gasteiger partial charge >= 0.3 is 0 Å². The summed E-state index contributed by atoms with van der Waals surface area (Å²) in [5, 5.41) is -0.215. The molecule has 0 heterocycles. The molecular formula is C9H12N2S. The summed E-state index contributed by atoms with van der Waals surface area (Å²) in [7, 11) is 0. The second-order valence-corrected chi connectivity index (χ2v) is 3.64. The second-order valence-electron chi connectivity index (χ2n) is 2.43. The molecule has 3 heteroatoms. The van der Waals surface area contributed by atoms with Crippen molar-refractivity contribution in [3.05, 3.63) is 42.6 Å². The molecule has 0 saturated heterocycles. The first-order valence-electron chi connectivity index (χ1n) is 3.61.